The molecule has 2 bridgehead atoms. The van der Waals surface area contributed by atoms with Gasteiger partial charge in [0.25, 0.3) is 0 Å². The molecule has 3 aliphatic carbocycles. The van der Waals surface area contributed by atoms with E-state index in [0.717, 1.165) is 42.8 Å². The fourth-order valence-corrected chi connectivity index (χ4v) is 4.76. The molecule has 0 saturated heterocycles. The second-order valence-electron chi connectivity index (χ2n) is 6.47. The molecule has 4 atom stereocenters. The van der Waals surface area contributed by atoms with E-state index < -0.39 is 0 Å². The Labute approximate surface area is 109 Å². The predicted octanol–water partition coefficient (Wildman–Crippen LogP) is 2.43. The van der Waals surface area contributed by atoms with Crippen molar-refractivity contribution in [3.63, 3.8) is 0 Å². The summed E-state index contributed by atoms with van der Waals surface area (Å²) in [6.07, 6.45) is 9.74. The van der Waals surface area contributed by atoms with E-state index in [1.54, 1.807) is 6.42 Å². The highest BCUT2D eigenvalue weighted by Gasteiger charge is 2.64. The van der Waals surface area contributed by atoms with Crippen LogP contribution in [0.4, 0.5) is 0 Å². The van der Waals surface area contributed by atoms with Crippen molar-refractivity contribution in [2.75, 3.05) is 0 Å². The molecule has 3 heteroatoms. The van der Waals surface area contributed by atoms with Gasteiger partial charge in [-0.25, -0.2) is 4.98 Å². The van der Waals surface area contributed by atoms with Gasteiger partial charge in [0.1, 0.15) is 0 Å². The number of fused-ring (bicyclic) bond motifs is 5. The van der Waals surface area contributed by atoms with Gasteiger partial charge in [0.2, 0.25) is 0 Å². The van der Waals surface area contributed by atoms with Gasteiger partial charge in [-0.1, -0.05) is 6.92 Å². The summed E-state index contributed by atoms with van der Waals surface area (Å²) >= 11 is 0. The third kappa shape index (κ3) is 1.56. The Morgan fingerprint density at radius 1 is 1.33 bits per heavy atom. The van der Waals surface area contributed by atoms with E-state index in [1.807, 2.05) is 12.5 Å². The van der Waals surface area contributed by atoms with Gasteiger partial charge in [0.15, 0.2) is 0 Å². The summed E-state index contributed by atoms with van der Waals surface area (Å²) in [6.45, 7) is 4.33. The second kappa shape index (κ2) is 4.09. The Balaban J connectivity index is 1.36. The lowest BCUT2D eigenvalue weighted by molar-refractivity contribution is 0.456. The molecule has 18 heavy (non-hydrogen) atoms. The van der Waals surface area contributed by atoms with Crippen LogP contribution in [0.5, 0.6) is 0 Å². The van der Waals surface area contributed by atoms with Crippen LogP contribution in [0.1, 0.15) is 38.3 Å². The number of imidazole rings is 1. The normalized spacial score (nSPS) is 40.2. The molecule has 0 radical (unpaired) electrons. The Hall–Kier alpha value is -0.830. The van der Waals surface area contributed by atoms with Crippen LogP contribution < -0.4 is 5.32 Å². The maximum Gasteiger partial charge on any atom is 0.0948 e. The van der Waals surface area contributed by atoms with Crippen LogP contribution in [0.25, 0.3) is 0 Å². The minimum atomic E-state index is 0.834. The molecule has 1 aromatic rings. The standard InChI is InChI=1S/C15H23N3/c1-2-5-18-9-16-7-12(18)8-17-15-13-10-3-4-11(6-10)14(13)15/h7,9-11,13-15,17H,2-6,8H2,1H3. The number of nitrogens with zero attached hydrogens (tertiary/aromatic N) is 2. The predicted molar refractivity (Wildman–Crippen MR) is 71.0 cm³/mol. The van der Waals surface area contributed by atoms with E-state index in [2.05, 4.69) is 21.8 Å². The molecule has 3 saturated carbocycles. The van der Waals surface area contributed by atoms with Gasteiger partial charge < -0.3 is 9.88 Å². The lowest BCUT2D eigenvalue weighted by Gasteiger charge is -2.11. The summed E-state index contributed by atoms with van der Waals surface area (Å²) in [5.41, 5.74) is 1.36. The van der Waals surface area contributed by atoms with Gasteiger partial charge in [-0.3, -0.25) is 0 Å². The average molecular weight is 245 g/mol. The van der Waals surface area contributed by atoms with Gasteiger partial charge in [0, 0.05) is 25.3 Å². The SMILES string of the molecule is CCCn1cncc1CNC1C2C3CCC(C3)C12. The van der Waals surface area contributed by atoms with Gasteiger partial charge in [0.05, 0.1) is 12.0 Å². The maximum atomic E-state index is 4.28. The second-order valence-corrected chi connectivity index (χ2v) is 6.47. The lowest BCUT2D eigenvalue weighted by Crippen LogP contribution is -2.23. The molecule has 3 aliphatic rings. The fraction of sp³-hybridized carbons (Fsp3) is 0.800. The largest absolute Gasteiger partial charge is 0.333 e. The zero-order valence-electron chi connectivity index (χ0n) is 11.2. The zero-order chi connectivity index (χ0) is 12.1. The molecule has 3 fully saturated rings. The summed E-state index contributed by atoms with van der Waals surface area (Å²) in [5, 5.41) is 3.80. The van der Waals surface area contributed by atoms with Crippen LogP contribution in [0.2, 0.25) is 0 Å². The number of hydrogen-bond acceptors (Lipinski definition) is 2. The van der Waals surface area contributed by atoms with E-state index in [1.165, 1.54) is 25.0 Å². The molecule has 1 N–H and O–H groups in total. The molecular weight excluding hydrogens is 222 g/mol. The molecule has 1 aromatic heterocycles. The average Bonchev–Trinajstić information content (AvgIpc) is 2.78. The Morgan fingerprint density at radius 3 is 2.83 bits per heavy atom. The molecule has 98 valence electrons. The van der Waals surface area contributed by atoms with Crippen molar-refractivity contribution in [2.24, 2.45) is 23.7 Å². The number of nitrogens with one attached hydrogen (secondary N) is 1. The van der Waals surface area contributed by atoms with Crippen LogP contribution >= 0.6 is 0 Å². The first-order valence-electron chi connectivity index (χ1n) is 7.61. The maximum absolute atomic E-state index is 4.28. The molecular formula is C15H23N3. The minimum absolute atomic E-state index is 0.834. The van der Waals surface area contributed by atoms with Gasteiger partial charge in [-0.2, -0.15) is 0 Å². The summed E-state index contributed by atoms with van der Waals surface area (Å²) in [6, 6.07) is 0.834. The van der Waals surface area contributed by atoms with Crippen molar-refractivity contribution < 1.29 is 0 Å². The summed E-state index contributed by atoms with van der Waals surface area (Å²) < 4.78 is 2.29. The van der Waals surface area contributed by atoms with Crippen LogP contribution in [0.3, 0.4) is 0 Å². The first kappa shape index (κ1) is 11.0. The highest BCUT2D eigenvalue weighted by Crippen LogP contribution is 2.65. The number of rotatable bonds is 5. The quantitative estimate of drug-likeness (QED) is 0.863. The number of aromatic nitrogens is 2. The van der Waals surface area contributed by atoms with Crippen LogP contribution in [-0.4, -0.2) is 15.6 Å². The summed E-state index contributed by atoms with van der Waals surface area (Å²) in [5.74, 6) is 4.20. The smallest absolute Gasteiger partial charge is 0.0948 e. The van der Waals surface area contributed by atoms with E-state index in [9.17, 15) is 0 Å². The van der Waals surface area contributed by atoms with Crippen LogP contribution in [0.15, 0.2) is 12.5 Å². The molecule has 1 heterocycles. The molecule has 0 amide bonds. The molecule has 3 nitrogen and oxygen atoms in total. The Kier molecular flexibility index (Phi) is 2.51. The Morgan fingerprint density at radius 2 is 2.11 bits per heavy atom. The van der Waals surface area contributed by atoms with E-state index in [-0.39, 0.29) is 0 Å². The number of hydrogen-bond donors (Lipinski definition) is 1. The fourth-order valence-electron chi connectivity index (χ4n) is 4.76. The van der Waals surface area contributed by atoms with Crippen molar-refractivity contribution in [1.29, 1.82) is 0 Å². The van der Waals surface area contributed by atoms with Crippen LogP contribution in [0, 0.1) is 23.7 Å². The van der Waals surface area contributed by atoms with Gasteiger partial charge in [-0.05, 0) is 49.4 Å². The summed E-state index contributed by atoms with van der Waals surface area (Å²) in [7, 11) is 0. The van der Waals surface area contributed by atoms with Crippen molar-refractivity contribution in [1.82, 2.24) is 14.9 Å². The van der Waals surface area contributed by atoms with Crippen molar-refractivity contribution >= 4 is 0 Å². The monoisotopic (exact) mass is 245 g/mol. The first-order valence-corrected chi connectivity index (χ1v) is 7.61. The minimum Gasteiger partial charge on any atom is -0.333 e. The lowest BCUT2D eigenvalue weighted by atomic mass is 10.0. The van der Waals surface area contributed by atoms with E-state index >= 15 is 0 Å². The van der Waals surface area contributed by atoms with Crippen LogP contribution in [-0.2, 0) is 13.1 Å². The molecule has 4 rings (SSSR count). The molecule has 0 spiro atoms. The van der Waals surface area contributed by atoms with Gasteiger partial charge >= 0.3 is 0 Å². The molecule has 0 aliphatic heterocycles. The topological polar surface area (TPSA) is 29.9 Å². The highest BCUT2D eigenvalue weighted by molar-refractivity contribution is 5.17. The van der Waals surface area contributed by atoms with Crippen molar-refractivity contribution in [3.05, 3.63) is 18.2 Å². The molecule has 4 unspecified atom stereocenters. The van der Waals surface area contributed by atoms with Gasteiger partial charge in [-0.15, -0.1) is 0 Å². The third-order valence-corrected chi connectivity index (χ3v) is 5.52. The zero-order valence-corrected chi connectivity index (χ0v) is 11.2. The van der Waals surface area contributed by atoms with Crippen molar-refractivity contribution in [3.8, 4) is 0 Å². The number of aryl methyl sites for hydroxylation is 1. The molecule has 0 aromatic carbocycles. The Bertz CT molecular complexity index is 423. The van der Waals surface area contributed by atoms with Crippen molar-refractivity contribution in [2.45, 2.75) is 51.7 Å². The van der Waals surface area contributed by atoms with E-state index in [4.69, 9.17) is 0 Å². The first-order chi connectivity index (χ1) is 8.88. The summed E-state index contributed by atoms with van der Waals surface area (Å²) in [4.78, 5) is 4.28. The van der Waals surface area contributed by atoms with E-state index in [0.29, 0.717) is 0 Å². The third-order valence-electron chi connectivity index (χ3n) is 5.52. The highest BCUT2D eigenvalue weighted by atomic mass is 15.1.